The minimum absolute atomic E-state index is 0.122. The minimum Gasteiger partial charge on any atom is -0.394 e. The number of carbonyl (C=O) groups is 1. The molecule has 1 aliphatic rings. The molecule has 1 rings (SSSR count). The Kier molecular flexibility index (Phi) is 9.22. The van der Waals surface area contributed by atoms with Crippen LogP contribution in [0.25, 0.3) is 0 Å². The molecule has 0 spiro atoms. The van der Waals surface area contributed by atoms with E-state index in [-0.39, 0.29) is 5.92 Å². The monoisotopic (exact) mass is 365 g/mol. The van der Waals surface area contributed by atoms with Crippen molar-refractivity contribution in [2.45, 2.75) is 76.5 Å². The van der Waals surface area contributed by atoms with Gasteiger partial charge in [0, 0.05) is 0 Å². The molecule has 148 valence electrons. The van der Waals surface area contributed by atoms with Crippen LogP contribution in [0.4, 0.5) is 0 Å². The molecule has 0 aromatic heterocycles. The molecule has 8 unspecified atom stereocenters. The van der Waals surface area contributed by atoms with E-state index in [1.54, 1.807) is 6.92 Å². The van der Waals surface area contributed by atoms with Crippen molar-refractivity contribution in [1.82, 2.24) is 5.32 Å². The lowest BCUT2D eigenvalue weighted by atomic mass is 9.84. The summed E-state index contributed by atoms with van der Waals surface area (Å²) in [5, 5.41) is 50.3. The SMILES string of the molecule is CC1CC(O)C(O)C(OC(NC(=O)CO)C(C)OC(CO)C(C)O)C1. The lowest BCUT2D eigenvalue weighted by Gasteiger charge is -2.39. The van der Waals surface area contributed by atoms with Gasteiger partial charge < -0.3 is 40.3 Å². The predicted octanol–water partition coefficient (Wildman–Crippen LogP) is -1.90. The highest BCUT2D eigenvalue weighted by molar-refractivity contribution is 5.77. The third kappa shape index (κ3) is 6.78. The number of amides is 1. The normalized spacial score (nSPS) is 31.8. The van der Waals surface area contributed by atoms with Gasteiger partial charge in [0.25, 0.3) is 0 Å². The van der Waals surface area contributed by atoms with E-state index in [4.69, 9.17) is 14.6 Å². The van der Waals surface area contributed by atoms with Crippen LogP contribution < -0.4 is 5.32 Å². The molecule has 0 radical (unpaired) electrons. The summed E-state index contributed by atoms with van der Waals surface area (Å²) in [6, 6.07) is 0. The first kappa shape index (κ1) is 22.2. The average Bonchev–Trinajstić information content (AvgIpc) is 2.55. The molecular formula is C16H31NO8. The summed E-state index contributed by atoms with van der Waals surface area (Å²) < 4.78 is 11.3. The molecule has 1 amide bonds. The molecule has 8 atom stereocenters. The van der Waals surface area contributed by atoms with Gasteiger partial charge in [0.1, 0.15) is 24.9 Å². The fraction of sp³-hybridized carbons (Fsp3) is 0.938. The fourth-order valence-corrected chi connectivity index (χ4v) is 2.88. The standard InChI is InChI=1S/C16H31NO8/c1-8-4-11(21)15(23)12(5-8)25-16(17-14(22)7-19)10(3)24-13(6-18)9(2)20/h8-13,15-16,18-21,23H,4-7H2,1-3H3,(H,17,22). The van der Waals surface area contributed by atoms with Crippen molar-refractivity contribution in [2.24, 2.45) is 5.92 Å². The molecule has 0 aromatic rings. The van der Waals surface area contributed by atoms with Gasteiger partial charge in [-0.3, -0.25) is 4.79 Å². The molecule has 25 heavy (non-hydrogen) atoms. The molecular weight excluding hydrogens is 334 g/mol. The quantitative estimate of drug-likeness (QED) is 0.260. The molecule has 1 aliphatic carbocycles. The number of rotatable bonds is 9. The topological polar surface area (TPSA) is 149 Å². The van der Waals surface area contributed by atoms with Gasteiger partial charge in [-0.1, -0.05) is 6.92 Å². The summed E-state index contributed by atoms with van der Waals surface area (Å²) in [6.45, 7) is 3.77. The van der Waals surface area contributed by atoms with Crippen molar-refractivity contribution in [3.05, 3.63) is 0 Å². The predicted molar refractivity (Wildman–Crippen MR) is 87.4 cm³/mol. The number of aliphatic hydroxyl groups is 5. The van der Waals surface area contributed by atoms with Gasteiger partial charge in [0.2, 0.25) is 5.91 Å². The maximum atomic E-state index is 11.6. The van der Waals surface area contributed by atoms with Crippen molar-refractivity contribution < 1.29 is 39.8 Å². The lowest BCUT2D eigenvalue weighted by molar-refractivity contribution is -0.195. The third-order valence-electron chi connectivity index (χ3n) is 4.36. The molecule has 1 fully saturated rings. The van der Waals surface area contributed by atoms with Gasteiger partial charge >= 0.3 is 0 Å². The smallest absolute Gasteiger partial charge is 0.247 e. The summed E-state index contributed by atoms with van der Waals surface area (Å²) in [6.07, 6.45) is -5.48. The Morgan fingerprint density at radius 3 is 2.40 bits per heavy atom. The zero-order chi connectivity index (χ0) is 19.1. The molecule has 9 heteroatoms. The molecule has 0 heterocycles. The highest BCUT2D eigenvalue weighted by Crippen LogP contribution is 2.28. The van der Waals surface area contributed by atoms with E-state index >= 15 is 0 Å². The highest BCUT2D eigenvalue weighted by Gasteiger charge is 2.38. The van der Waals surface area contributed by atoms with Crippen molar-refractivity contribution in [3.63, 3.8) is 0 Å². The Balaban J connectivity index is 2.82. The molecule has 1 saturated carbocycles. The van der Waals surface area contributed by atoms with Gasteiger partial charge in [-0.05, 0) is 32.6 Å². The zero-order valence-electron chi connectivity index (χ0n) is 14.9. The first-order valence-electron chi connectivity index (χ1n) is 8.55. The second-order valence-corrected chi connectivity index (χ2v) is 6.76. The van der Waals surface area contributed by atoms with Crippen molar-refractivity contribution in [1.29, 1.82) is 0 Å². The Labute approximate surface area is 147 Å². The van der Waals surface area contributed by atoms with E-state index < -0.39 is 62.0 Å². The van der Waals surface area contributed by atoms with Crippen LogP contribution in [0.1, 0.15) is 33.6 Å². The molecule has 0 saturated heterocycles. The van der Waals surface area contributed by atoms with Gasteiger partial charge in [-0.15, -0.1) is 0 Å². The van der Waals surface area contributed by atoms with E-state index in [9.17, 15) is 25.2 Å². The fourth-order valence-electron chi connectivity index (χ4n) is 2.88. The van der Waals surface area contributed by atoms with E-state index in [1.165, 1.54) is 6.92 Å². The summed E-state index contributed by atoms with van der Waals surface area (Å²) in [5.74, 6) is -0.576. The Morgan fingerprint density at radius 2 is 1.88 bits per heavy atom. The number of hydrogen-bond donors (Lipinski definition) is 6. The summed E-state index contributed by atoms with van der Waals surface area (Å²) in [7, 11) is 0. The number of aliphatic hydroxyl groups excluding tert-OH is 5. The third-order valence-corrected chi connectivity index (χ3v) is 4.36. The van der Waals surface area contributed by atoms with Gasteiger partial charge in [-0.2, -0.15) is 0 Å². The van der Waals surface area contributed by atoms with E-state index in [0.717, 1.165) is 0 Å². The van der Waals surface area contributed by atoms with Crippen LogP contribution in [0.15, 0.2) is 0 Å². The van der Waals surface area contributed by atoms with Crippen LogP contribution >= 0.6 is 0 Å². The van der Waals surface area contributed by atoms with Gasteiger partial charge in [-0.25, -0.2) is 0 Å². The second kappa shape index (κ2) is 10.4. The van der Waals surface area contributed by atoms with Gasteiger partial charge in [0.05, 0.1) is 24.9 Å². The summed E-state index contributed by atoms with van der Waals surface area (Å²) in [5.41, 5.74) is 0. The number of ether oxygens (including phenoxy) is 2. The Hall–Kier alpha value is -0.810. The van der Waals surface area contributed by atoms with Crippen molar-refractivity contribution in [2.75, 3.05) is 13.2 Å². The highest BCUT2D eigenvalue weighted by atomic mass is 16.6. The average molecular weight is 365 g/mol. The maximum Gasteiger partial charge on any atom is 0.247 e. The van der Waals surface area contributed by atoms with Crippen LogP contribution in [-0.2, 0) is 14.3 Å². The summed E-state index contributed by atoms with van der Waals surface area (Å²) in [4.78, 5) is 11.6. The van der Waals surface area contributed by atoms with E-state index in [2.05, 4.69) is 5.32 Å². The largest absolute Gasteiger partial charge is 0.394 e. The molecule has 0 bridgehead atoms. The lowest BCUT2D eigenvalue weighted by Crippen LogP contribution is -2.54. The summed E-state index contributed by atoms with van der Waals surface area (Å²) >= 11 is 0. The number of carbonyl (C=O) groups excluding carboxylic acids is 1. The van der Waals surface area contributed by atoms with Crippen LogP contribution in [0, 0.1) is 5.92 Å². The van der Waals surface area contributed by atoms with Crippen LogP contribution in [-0.4, -0.2) is 87.5 Å². The number of nitrogens with one attached hydrogen (secondary N) is 1. The Morgan fingerprint density at radius 1 is 1.24 bits per heavy atom. The van der Waals surface area contributed by atoms with Crippen LogP contribution in [0.2, 0.25) is 0 Å². The number of hydrogen-bond acceptors (Lipinski definition) is 8. The first-order valence-corrected chi connectivity index (χ1v) is 8.55. The first-order chi connectivity index (χ1) is 11.7. The van der Waals surface area contributed by atoms with Gasteiger partial charge in [0.15, 0.2) is 6.23 Å². The maximum absolute atomic E-state index is 11.6. The van der Waals surface area contributed by atoms with E-state index in [1.807, 2.05) is 6.92 Å². The zero-order valence-corrected chi connectivity index (χ0v) is 14.9. The Bertz CT molecular complexity index is 408. The molecule has 0 aliphatic heterocycles. The minimum atomic E-state index is -1.11. The second-order valence-electron chi connectivity index (χ2n) is 6.76. The van der Waals surface area contributed by atoms with Crippen LogP contribution in [0.3, 0.4) is 0 Å². The molecule has 9 nitrogen and oxygen atoms in total. The van der Waals surface area contributed by atoms with Crippen molar-refractivity contribution in [3.8, 4) is 0 Å². The van der Waals surface area contributed by atoms with Crippen LogP contribution in [0.5, 0.6) is 0 Å². The molecule has 0 aromatic carbocycles. The van der Waals surface area contributed by atoms with Crippen molar-refractivity contribution >= 4 is 5.91 Å². The van der Waals surface area contributed by atoms with E-state index in [0.29, 0.717) is 12.8 Å². The molecule has 6 N–H and O–H groups in total.